The lowest BCUT2D eigenvalue weighted by molar-refractivity contribution is -0.144. The van der Waals surface area contributed by atoms with Crippen LogP contribution in [0.15, 0.2) is 24.3 Å². The highest BCUT2D eigenvalue weighted by molar-refractivity contribution is 5.96. The summed E-state index contributed by atoms with van der Waals surface area (Å²) in [6.45, 7) is 0. The summed E-state index contributed by atoms with van der Waals surface area (Å²) in [4.78, 5) is 27.1. The lowest BCUT2D eigenvalue weighted by atomic mass is 9.89. The van der Waals surface area contributed by atoms with Crippen molar-refractivity contribution in [2.24, 2.45) is 5.92 Å². The molecule has 0 radical (unpaired) electrons. The van der Waals surface area contributed by atoms with Gasteiger partial charge in [-0.1, -0.05) is 18.2 Å². The van der Waals surface area contributed by atoms with E-state index in [9.17, 15) is 22.8 Å². The summed E-state index contributed by atoms with van der Waals surface area (Å²) in [6.07, 6.45) is -3.92. The Labute approximate surface area is 140 Å². The van der Waals surface area contributed by atoms with Crippen LogP contribution in [0, 0.1) is 5.92 Å². The molecular weight excluding hydrogens is 339 g/mol. The Morgan fingerprint density at radius 1 is 1.32 bits per heavy atom. The molecule has 25 heavy (non-hydrogen) atoms. The summed E-state index contributed by atoms with van der Waals surface area (Å²) in [7, 11) is 0. The van der Waals surface area contributed by atoms with Gasteiger partial charge in [-0.25, -0.2) is 0 Å². The Bertz CT molecular complexity index is 802. The SMILES string of the molecule is O=C(CCC1Cc2ccccc2NC1=O)Nc1n[nH]c(C(F)(F)F)n1. The number of halogens is 3. The molecule has 3 rings (SSSR count). The van der Waals surface area contributed by atoms with Gasteiger partial charge in [0.15, 0.2) is 0 Å². The minimum absolute atomic E-state index is 0.0316. The first kappa shape index (κ1) is 16.9. The Morgan fingerprint density at radius 3 is 2.80 bits per heavy atom. The Hall–Kier alpha value is -2.91. The van der Waals surface area contributed by atoms with Gasteiger partial charge in [0.2, 0.25) is 23.6 Å². The van der Waals surface area contributed by atoms with Crippen molar-refractivity contribution in [3.05, 3.63) is 35.7 Å². The van der Waals surface area contributed by atoms with E-state index in [1.807, 2.05) is 18.2 Å². The van der Waals surface area contributed by atoms with Gasteiger partial charge >= 0.3 is 6.18 Å². The Balaban J connectivity index is 1.54. The van der Waals surface area contributed by atoms with E-state index in [-0.39, 0.29) is 24.7 Å². The number of benzene rings is 1. The molecule has 7 nitrogen and oxygen atoms in total. The van der Waals surface area contributed by atoms with Crippen LogP contribution in [-0.2, 0) is 22.2 Å². The van der Waals surface area contributed by atoms with Gasteiger partial charge in [-0.2, -0.15) is 18.2 Å². The van der Waals surface area contributed by atoms with E-state index in [1.165, 1.54) is 0 Å². The number of carbonyl (C=O) groups is 2. The average molecular weight is 353 g/mol. The minimum Gasteiger partial charge on any atom is -0.326 e. The summed E-state index contributed by atoms with van der Waals surface area (Å²) in [5.74, 6) is -2.84. The third kappa shape index (κ3) is 3.95. The van der Waals surface area contributed by atoms with Gasteiger partial charge in [-0.15, -0.1) is 5.10 Å². The monoisotopic (exact) mass is 353 g/mol. The summed E-state index contributed by atoms with van der Waals surface area (Å²) < 4.78 is 37.2. The van der Waals surface area contributed by atoms with Gasteiger partial charge in [0, 0.05) is 18.0 Å². The van der Waals surface area contributed by atoms with E-state index in [4.69, 9.17) is 0 Å². The van der Waals surface area contributed by atoms with Crippen molar-refractivity contribution in [2.45, 2.75) is 25.4 Å². The molecule has 1 aliphatic rings. The standard InChI is InChI=1S/C15H14F3N5O2/c16-15(17,18)13-21-14(23-22-13)20-11(24)6-5-9-7-8-3-1-2-4-10(8)19-12(9)25/h1-4,9H,5-7H2,(H,19,25)(H2,20,21,22,23,24). The highest BCUT2D eigenvalue weighted by Crippen LogP contribution is 2.28. The molecule has 10 heteroatoms. The van der Waals surface area contributed by atoms with Crippen molar-refractivity contribution >= 4 is 23.5 Å². The van der Waals surface area contributed by atoms with E-state index in [0.29, 0.717) is 6.42 Å². The predicted octanol–water partition coefficient (Wildman–Crippen LogP) is 2.35. The second kappa shape index (κ2) is 6.54. The predicted molar refractivity (Wildman–Crippen MR) is 81.5 cm³/mol. The summed E-state index contributed by atoms with van der Waals surface area (Å²) in [5, 5.41) is 9.97. The number of amides is 2. The molecule has 1 atom stereocenters. The third-order valence-corrected chi connectivity index (χ3v) is 3.84. The maximum absolute atomic E-state index is 12.4. The largest absolute Gasteiger partial charge is 0.451 e. The van der Waals surface area contributed by atoms with Crippen molar-refractivity contribution < 1.29 is 22.8 Å². The molecule has 1 unspecified atom stereocenters. The van der Waals surface area contributed by atoms with Crippen molar-refractivity contribution in [1.29, 1.82) is 0 Å². The van der Waals surface area contributed by atoms with E-state index in [0.717, 1.165) is 11.3 Å². The number of H-pyrrole nitrogens is 1. The zero-order valence-electron chi connectivity index (χ0n) is 12.9. The number of aromatic nitrogens is 3. The summed E-state index contributed by atoms with van der Waals surface area (Å²) in [6, 6.07) is 7.38. The van der Waals surface area contributed by atoms with Crippen LogP contribution in [0.3, 0.4) is 0 Å². The van der Waals surface area contributed by atoms with Crippen LogP contribution in [0.4, 0.5) is 24.8 Å². The molecule has 0 saturated heterocycles. The van der Waals surface area contributed by atoms with Crippen molar-refractivity contribution in [2.75, 3.05) is 10.6 Å². The Morgan fingerprint density at radius 2 is 2.08 bits per heavy atom. The molecule has 0 aliphatic carbocycles. The minimum atomic E-state index is -4.66. The van der Waals surface area contributed by atoms with Crippen LogP contribution in [0.2, 0.25) is 0 Å². The number of fused-ring (bicyclic) bond motifs is 1. The lowest BCUT2D eigenvalue weighted by Gasteiger charge is -2.24. The number of rotatable bonds is 4. The number of aromatic amines is 1. The highest BCUT2D eigenvalue weighted by atomic mass is 19.4. The van der Waals surface area contributed by atoms with Crippen LogP contribution >= 0.6 is 0 Å². The first-order chi connectivity index (χ1) is 11.8. The zero-order valence-corrected chi connectivity index (χ0v) is 12.9. The molecule has 1 aromatic heterocycles. The number of nitrogens with one attached hydrogen (secondary N) is 3. The fourth-order valence-electron chi connectivity index (χ4n) is 2.58. The Kier molecular flexibility index (Phi) is 4.43. The molecule has 0 saturated carbocycles. The second-order valence-electron chi connectivity index (χ2n) is 5.64. The molecule has 1 aromatic carbocycles. The summed E-state index contributed by atoms with van der Waals surface area (Å²) in [5.41, 5.74) is 1.74. The molecule has 0 spiro atoms. The number of anilines is 2. The van der Waals surface area contributed by atoms with E-state index >= 15 is 0 Å². The maximum Gasteiger partial charge on any atom is 0.451 e. The van der Waals surface area contributed by atoms with Crippen molar-refractivity contribution in [1.82, 2.24) is 15.2 Å². The van der Waals surface area contributed by atoms with Crippen LogP contribution in [0.5, 0.6) is 0 Å². The van der Waals surface area contributed by atoms with Crippen LogP contribution < -0.4 is 10.6 Å². The quantitative estimate of drug-likeness (QED) is 0.786. The number of alkyl halides is 3. The molecule has 2 aromatic rings. The number of nitrogens with zero attached hydrogens (tertiary/aromatic N) is 2. The molecule has 3 N–H and O–H groups in total. The van der Waals surface area contributed by atoms with Gasteiger partial charge in [-0.05, 0) is 24.5 Å². The van der Waals surface area contributed by atoms with E-state index in [1.54, 1.807) is 11.2 Å². The average Bonchev–Trinajstić information content (AvgIpc) is 3.01. The van der Waals surface area contributed by atoms with Gasteiger partial charge in [0.1, 0.15) is 0 Å². The first-order valence-corrected chi connectivity index (χ1v) is 7.51. The smallest absolute Gasteiger partial charge is 0.326 e. The zero-order chi connectivity index (χ0) is 18.0. The third-order valence-electron chi connectivity index (χ3n) is 3.84. The highest BCUT2D eigenvalue weighted by Gasteiger charge is 2.35. The normalized spacial score (nSPS) is 16.9. The lowest BCUT2D eigenvalue weighted by Crippen LogP contribution is -2.30. The van der Waals surface area contributed by atoms with Crippen LogP contribution in [-0.4, -0.2) is 27.0 Å². The number of hydrogen-bond donors (Lipinski definition) is 3. The van der Waals surface area contributed by atoms with Gasteiger partial charge in [-0.3, -0.25) is 20.0 Å². The van der Waals surface area contributed by atoms with E-state index < -0.39 is 23.9 Å². The van der Waals surface area contributed by atoms with Crippen LogP contribution in [0.1, 0.15) is 24.2 Å². The number of carbonyl (C=O) groups excluding carboxylic acids is 2. The fraction of sp³-hybridized carbons (Fsp3) is 0.333. The fourth-order valence-corrected chi connectivity index (χ4v) is 2.58. The van der Waals surface area contributed by atoms with Gasteiger partial charge in [0.05, 0.1) is 0 Å². The first-order valence-electron chi connectivity index (χ1n) is 7.51. The molecular formula is C15H14F3N5O2. The number of para-hydroxylation sites is 1. The molecule has 0 fully saturated rings. The summed E-state index contributed by atoms with van der Waals surface area (Å²) >= 11 is 0. The molecule has 132 valence electrons. The van der Waals surface area contributed by atoms with Crippen molar-refractivity contribution in [3.63, 3.8) is 0 Å². The van der Waals surface area contributed by atoms with Gasteiger partial charge in [0.25, 0.3) is 0 Å². The number of hydrogen-bond acceptors (Lipinski definition) is 4. The molecule has 2 heterocycles. The van der Waals surface area contributed by atoms with E-state index in [2.05, 4.69) is 20.7 Å². The molecule has 0 bridgehead atoms. The molecule has 1 aliphatic heterocycles. The van der Waals surface area contributed by atoms with Crippen LogP contribution in [0.25, 0.3) is 0 Å². The second-order valence-corrected chi connectivity index (χ2v) is 5.64. The molecule has 2 amide bonds. The van der Waals surface area contributed by atoms with Crippen molar-refractivity contribution in [3.8, 4) is 0 Å². The maximum atomic E-state index is 12.4. The topological polar surface area (TPSA) is 99.8 Å². The van der Waals surface area contributed by atoms with Gasteiger partial charge < -0.3 is 5.32 Å².